The lowest BCUT2D eigenvalue weighted by atomic mass is 10.3. The summed E-state index contributed by atoms with van der Waals surface area (Å²) in [6.45, 7) is 0.352. The molecule has 3 N–H and O–H groups in total. The summed E-state index contributed by atoms with van der Waals surface area (Å²) in [5.41, 5.74) is 0. The lowest BCUT2D eigenvalue weighted by Gasteiger charge is -2.19. The van der Waals surface area contributed by atoms with Crippen LogP contribution < -0.4 is 5.32 Å². The van der Waals surface area contributed by atoms with E-state index in [0.29, 0.717) is 13.1 Å². The second-order valence-corrected chi connectivity index (χ2v) is 3.62. The van der Waals surface area contributed by atoms with Gasteiger partial charge in [0, 0.05) is 20.2 Å². The molecule has 0 aromatic carbocycles. The van der Waals surface area contributed by atoms with Crippen LogP contribution in [0.5, 0.6) is 0 Å². The number of aliphatic hydroxyl groups is 1. The minimum absolute atomic E-state index is 0.00292. The molecule has 1 aliphatic rings. The van der Waals surface area contributed by atoms with Crippen molar-refractivity contribution in [2.24, 2.45) is 0 Å². The smallest absolute Gasteiger partial charge is 0.328 e. The van der Waals surface area contributed by atoms with Gasteiger partial charge in [-0.1, -0.05) is 0 Å². The van der Waals surface area contributed by atoms with Crippen molar-refractivity contribution in [3.05, 3.63) is 0 Å². The third kappa shape index (κ3) is 3.07. The number of hydrogen-bond acceptors (Lipinski definition) is 4. The molecule has 2 amide bonds. The highest BCUT2D eigenvalue weighted by atomic mass is 16.5. The Labute approximate surface area is 93.0 Å². The van der Waals surface area contributed by atoms with Crippen molar-refractivity contribution in [3.63, 3.8) is 0 Å². The third-order valence-corrected chi connectivity index (χ3v) is 2.54. The fourth-order valence-electron chi connectivity index (χ4n) is 1.53. The first-order valence-electron chi connectivity index (χ1n) is 5.00. The van der Waals surface area contributed by atoms with Crippen LogP contribution in [0.3, 0.4) is 0 Å². The quantitative estimate of drug-likeness (QED) is 0.569. The first-order chi connectivity index (χ1) is 7.58. The Morgan fingerprint density at radius 2 is 2.31 bits per heavy atom. The van der Waals surface area contributed by atoms with Crippen molar-refractivity contribution in [1.29, 1.82) is 0 Å². The minimum Gasteiger partial charge on any atom is -0.480 e. The number of rotatable bonds is 4. The summed E-state index contributed by atoms with van der Waals surface area (Å²) in [5.74, 6) is -1.25. The molecule has 2 unspecified atom stereocenters. The molecule has 1 rings (SSSR count). The van der Waals surface area contributed by atoms with Crippen molar-refractivity contribution >= 4 is 12.0 Å². The zero-order chi connectivity index (χ0) is 12.1. The molecule has 0 aromatic rings. The molecule has 1 heterocycles. The normalized spacial score (nSPS) is 21.9. The number of nitrogens with zero attached hydrogens (tertiary/aromatic N) is 1. The Morgan fingerprint density at radius 1 is 1.62 bits per heavy atom. The zero-order valence-electron chi connectivity index (χ0n) is 9.05. The standard InChI is InChI=1S/C9H16N2O5/c1-16-6-2-3-11(4-6)9(15)10-7(5-12)8(13)14/h6-7,12H,2-5H2,1H3,(H,10,15)(H,13,14). The Hall–Kier alpha value is -1.34. The molecule has 1 aliphatic heterocycles. The van der Waals surface area contributed by atoms with Gasteiger partial charge in [-0.2, -0.15) is 0 Å². The summed E-state index contributed by atoms with van der Waals surface area (Å²) in [7, 11) is 1.57. The monoisotopic (exact) mass is 232 g/mol. The molecule has 0 aromatic heterocycles. The van der Waals surface area contributed by atoms with Crippen LogP contribution in [0, 0.1) is 0 Å². The van der Waals surface area contributed by atoms with Gasteiger partial charge >= 0.3 is 12.0 Å². The summed E-state index contributed by atoms with van der Waals surface area (Å²) in [6, 6.07) is -1.74. The molecule has 7 heteroatoms. The van der Waals surface area contributed by atoms with Crippen LogP contribution in [-0.2, 0) is 9.53 Å². The molecule has 1 saturated heterocycles. The van der Waals surface area contributed by atoms with Crippen molar-refractivity contribution < 1.29 is 24.5 Å². The van der Waals surface area contributed by atoms with Gasteiger partial charge < -0.3 is 25.2 Å². The molecule has 0 aliphatic carbocycles. The SMILES string of the molecule is COC1CCN(C(=O)NC(CO)C(=O)O)C1. The summed E-state index contributed by atoms with van der Waals surface area (Å²) >= 11 is 0. The number of nitrogens with one attached hydrogen (secondary N) is 1. The number of ether oxygens (including phenoxy) is 1. The number of carboxylic acid groups (broad SMARTS) is 1. The van der Waals surface area contributed by atoms with E-state index >= 15 is 0 Å². The van der Waals surface area contributed by atoms with Crippen LogP contribution in [0.4, 0.5) is 4.79 Å². The van der Waals surface area contributed by atoms with Gasteiger partial charge in [0.1, 0.15) is 0 Å². The van der Waals surface area contributed by atoms with Crippen LogP contribution in [-0.4, -0.2) is 66.1 Å². The highest BCUT2D eigenvalue weighted by molar-refractivity contribution is 5.82. The molecule has 0 saturated carbocycles. The van der Waals surface area contributed by atoms with Gasteiger partial charge in [-0.15, -0.1) is 0 Å². The predicted octanol–water partition coefficient (Wildman–Crippen LogP) is -1.14. The van der Waals surface area contributed by atoms with E-state index in [-0.39, 0.29) is 6.10 Å². The number of carboxylic acids is 1. The number of amides is 2. The van der Waals surface area contributed by atoms with Gasteiger partial charge in [0.05, 0.1) is 12.7 Å². The summed E-state index contributed by atoms with van der Waals surface area (Å²) in [4.78, 5) is 23.6. The Morgan fingerprint density at radius 3 is 2.75 bits per heavy atom. The number of likely N-dealkylation sites (tertiary alicyclic amines) is 1. The lowest BCUT2D eigenvalue weighted by Crippen LogP contribution is -2.49. The molecule has 2 atom stereocenters. The van der Waals surface area contributed by atoms with Crippen molar-refractivity contribution in [2.45, 2.75) is 18.6 Å². The fourth-order valence-corrected chi connectivity index (χ4v) is 1.53. The largest absolute Gasteiger partial charge is 0.480 e. The Bertz CT molecular complexity index is 271. The molecular formula is C9H16N2O5. The minimum atomic E-state index is -1.26. The number of urea groups is 1. The molecule has 16 heavy (non-hydrogen) atoms. The Kier molecular flexibility index (Phi) is 4.51. The molecule has 0 spiro atoms. The average molecular weight is 232 g/mol. The van der Waals surface area contributed by atoms with Crippen molar-refractivity contribution in [1.82, 2.24) is 10.2 Å². The number of hydrogen-bond donors (Lipinski definition) is 3. The van der Waals surface area contributed by atoms with Crippen molar-refractivity contribution in [2.75, 3.05) is 26.8 Å². The highest BCUT2D eigenvalue weighted by Crippen LogP contribution is 2.11. The van der Waals surface area contributed by atoms with E-state index in [1.54, 1.807) is 7.11 Å². The average Bonchev–Trinajstić information content (AvgIpc) is 2.73. The van der Waals surface area contributed by atoms with Gasteiger partial charge in [0.15, 0.2) is 6.04 Å². The van der Waals surface area contributed by atoms with Crippen molar-refractivity contribution in [3.8, 4) is 0 Å². The number of aliphatic hydroxyl groups excluding tert-OH is 1. The first kappa shape index (κ1) is 12.7. The maximum Gasteiger partial charge on any atom is 0.328 e. The number of carbonyl (C=O) groups excluding carboxylic acids is 1. The van der Waals surface area contributed by atoms with E-state index in [9.17, 15) is 9.59 Å². The van der Waals surface area contributed by atoms with E-state index in [2.05, 4.69) is 5.32 Å². The third-order valence-electron chi connectivity index (χ3n) is 2.54. The van der Waals surface area contributed by atoms with Crippen LogP contribution in [0.25, 0.3) is 0 Å². The number of carbonyl (C=O) groups is 2. The van der Waals surface area contributed by atoms with Gasteiger partial charge in [-0.25, -0.2) is 9.59 Å². The maximum absolute atomic E-state index is 11.6. The molecule has 7 nitrogen and oxygen atoms in total. The second kappa shape index (κ2) is 5.66. The summed E-state index contributed by atoms with van der Waals surface area (Å²) < 4.78 is 5.08. The fraction of sp³-hybridized carbons (Fsp3) is 0.778. The molecule has 0 radical (unpaired) electrons. The van der Waals surface area contributed by atoms with E-state index in [4.69, 9.17) is 14.9 Å². The second-order valence-electron chi connectivity index (χ2n) is 3.62. The van der Waals surface area contributed by atoms with Crippen LogP contribution >= 0.6 is 0 Å². The molecular weight excluding hydrogens is 216 g/mol. The van der Waals surface area contributed by atoms with Crippen LogP contribution in [0.1, 0.15) is 6.42 Å². The zero-order valence-corrected chi connectivity index (χ0v) is 9.05. The molecule has 92 valence electrons. The number of methoxy groups -OCH3 is 1. The van der Waals surface area contributed by atoms with Crippen LogP contribution in [0.15, 0.2) is 0 Å². The van der Waals surface area contributed by atoms with Gasteiger partial charge in [0.25, 0.3) is 0 Å². The van der Waals surface area contributed by atoms with E-state index in [1.165, 1.54) is 4.90 Å². The van der Waals surface area contributed by atoms with Crippen LogP contribution in [0.2, 0.25) is 0 Å². The summed E-state index contributed by atoms with van der Waals surface area (Å²) in [6.07, 6.45) is 0.740. The molecule has 0 bridgehead atoms. The van der Waals surface area contributed by atoms with E-state index in [0.717, 1.165) is 6.42 Å². The first-order valence-corrected chi connectivity index (χ1v) is 5.00. The topological polar surface area (TPSA) is 99.1 Å². The highest BCUT2D eigenvalue weighted by Gasteiger charge is 2.28. The van der Waals surface area contributed by atoms with Gasteiger partial charge in [-0.3, -0.25) is 0 Å². The van der Waals surface area contributed by atoms with E-state index in [1.807, 2.05) is 0 Å². The number of aliphatic carboxylic acids is 1. The summed E-state index contributed by atoms with van der Waals surface area (Å²) in [5, 5.41) is 19.6. The lowest BCUT2D eigenvalue weighted by molar-refractivity contribution is -0.140. The molecule has 1 fully saturated rings. The Balaban J connectivity index is 2.43. The van der Waals surface area contributed by atoms with Gasteiger partial charge in [-0.05, 0) is 6.42 Å². The maximum atomic E-state index is 11.6. The van der Waals surface area contributed by atoms with E-state index < -0.39 is 24.6 Å². The predicted molar refractivity (Wildman–Crippen MR) is 54.0 cm³/mol. The van der Waals surface area contributed by atoms with Gasteiger partial charge in [0.2, 0.25) is 0 Å².